The van der Waals surface area contributed by atoms with Crippen molar-refractivity contribution in [1.29, 1.82) is 0 Å². The Bertz CT molecular complexity index is 371. The second-order valence-corrected chi connectivity index (χ2v) is 7.32. The molecular weight excluding hydrogens is 220 g/mol. The van der Waals surface area contributed by atoms with E-state index in [0.717, 1.165) is 23.2 Å². The maximum Gasteiger partial charge on any atom is 0.0945 e. The number of rotatable bonds is 4. The first-order valence-electron chi connectivity index (χ1n) is 7.77. The van der Waals surface area contributed by atoms with Gasteiger partial charge in [-0.05, 0) is 74.5 Å². The summed E-state index contributed by atoms with van der Waals surface area (Å²) in [5.74, 6) is 3.30. The lowest BCUT2D eigenvalue weighted by Gasteiger charge is -2.57. The van der Waals surface area contributed by atoms with Crippen molar-refractivity contribution in [2.75, 3.05) is 0 Å². The van der Waals surface area contributed by atoms with Crippen LogP contribution in [0.3, 0.4) is 0 Å². The van der Waals surface area contributed by atoms with E-state index in [4.69, 9.17) is 0 Å². The van der Waals surface area contributed by atoms with Crippen LogP contribution >= 0.6 is 0 Å². The van der Waals surface area contributed by atoms with E-state index in [1.807, 2.05) is 12.5 Å². The first-order valence-corrected chi connectivity index (χ1v) is 7.77. The average molecular weight is 244 g/mol. The molecule has 4 aliphatic rings. The molecule has 98 valence electrons. The molecule has 4 fully saturated rings. The Morgan fingerprint density at radius 3 is 2.28 bits per heavy atom. The summed E-state index contributed by atoms with van der Waals surface area (Å²) >= 11 is 0. The minimum absolute atomic E-state index is 0.759. The number of imidazole rings is 1. The van der Waals surface area contributed by atoms with Crippen LogP contribution < -0.4 is 0 Å². The molecule has 4 saturated carbocycles. The van der Waals surface area contributed by atoms with Crippen LogP contribution in [0.4, 0.5) is 0 Å². The summed E-state index contributed by atoms with van der Waals surface area (Å²) < 4.78 is 2.24. The number of nitrogens with zero attached hydrogens (tertiary/aromatic N) is 2. The molecular formula is C16H24N2. The van der Waals surface area contributed by atoms with E-state index < -0.39 is 0 Å². The molecule has 4 bridgehead atoms. The fourth-order valence-corrected chi connectivity index (χ4v) is 5.65. The number of hydrogen-bond acceptors (Lipinski definition) is 1. The highest BCUT2D eigenvalue weighted by Crippen LogP contribution is 2.61. The molecule has 0 amide bonds. The molecule has 5 rings (SSSR count). The number of aromatic nitrogens is 2. The van der Waals surface area contributed by atoms with Gasteiger partial charge in [0.1, 0.15) is 0 Å². The van der Waals surface area contributed by atoms with Crippen molar-refractivity contribution in [1.82, 2.24) is 9.55 Å². The smallest absolute Gasteiger partial charge is 0.0945 e. The largest absolute Gasteiger partial charge is 0.337 e. The Kier molecular flexibility index (Phi) is 2.53. The van der Waals surface area contributed by atoms with Crippen LogP contribution in [-0.2, 0) is 6.54 Å². The standard InChI is InChI=1S/C16H24N2/c1(4-18-5-3-17-12-18)2-16-9-13-6-14(10-16)8-15(7-13)11-16/h3,5,12-15H,1-2,4,6-11H2. The lowest BCUT2D eigenvalue weighted by molar-refractivity contribution is -0.0585. The van der Waals surface area contributed by atoms with Crippen LogP contribution in [0.15, 0.2) is 18.7 Å². The van der Waals surface area contributed by atoms with E-state index >= 15 is 0 Å². The number of hydrogen-bond donors (Lipinski definition) is 0. The molecule has 0 saturated heterocycles. The predicted molar refractivity (Wildman–Crippen MR) is 72.1 cm³/mol. The van der Waals surface area contributed by atoms with Crippen molar-refractivity contribution in [3.63, 3.8) is 0 Å². The first-order chi connectivity index (χ1) is 8.81. The summed E-state index contributed by atoms with van der Waals surface area (Å²) in [6.45, 7) is 1.17. The second kappa shape index (κ2) is 4.11. The zero-order chi connectivity index (χ0) is 12.0. The Labute approximate surface area is 110 Å². The number of aryl methyl sites for hydroxylation is 1. The van der Waals surface area contributed by atoms with Gasteiger partial charge in [0.25, 0.3) is 0 Å². The Morgan fingerprint density at radius 2 is 1.72 bits per heavy atom. The van der Waals surface area contributed by atoms with Crippen molar-refractivity contribution in [2.24, 2.45) is 23.2 Å². The van der Waals surface area contributed by atoms with Gasteiger partial charge in [-0.3, -0.25) is 0 Å². The van der Waals surface area contributed by atoms with E-state index in [0.29, 0.717) is 0 Å². The van der Waals surface area contributed by atoms with Gasteiger partial charge in [-0.2, -0.15) is 0 Å². The average Bonchev–Trinajstić information content (AvgIpc) is 2.79. The molecule has 0 aromatic carbocycles. The molecule has 2 heteroatoms. The highest BCUT2D eigenvalue weighted by atomic mass is 15.0. The molecule has 0 radical (unpaired) electrons. The summed E-state index contributed by atoms with van der Waals surface area (Å²) in [5, 5.41) is 0. The van der Waals surface area contributed by atoms with Crippen LogP contribution in [0.25, 0.3) is 0 Å². The topological polar surface area (TPSA) is 17.8 Å². The zero-order valence-corrected chi connectivity index (χ0v) is 11.2. The monoisotopic (exact) mass is 244 g/mol. The molecule has 0 spiro atoms. The highest BCUT2D eigenvalue weighted by molar-refractivity contribution is 5.01. The summed E-state index contributed by atoms with van der Waals surface area (Å²) in [5.41, 5.74) is 0.759. The quantitative estimate of drug-likeness (QED) is 0.786. The van der Waals surface area contributed by atoms with Gasteiger partial charge in [0, 0.05) is 18.9 Å². The molecule has 0 aliphatic heterocycles. The van der Waals surface area contributed by atoms with E-state index in [1.54, 1.807) is 38.5 Å². The molecule has 0 atom stereocenters. The van der Waals surface area contributed by atoms with Crippen LogP contribution in [0.2, 0.25) is 0 Å². The summed E-state index contributed by atoms with van der Waals surface area (Å²) in [7, 11) is 0. The fraction of sp³-hybridized carbons (Fsp3) is 0.812. The van der Waals surface area contributed by atoms with Gasteiger partial charge in [0.15, 0.2) is 0 Å². The molecule has 0 N–H and O–H groups in total. The molecule has 0 unspecified atom stereocenters. The minimum atomic E-state index is 0.759. The van der Waals surface area contributed by atoms with Crippen molar-refractivity contribution < 1.29 is 0 Å². The van der Waals surface area contributed by atoms with Crippen LogP contribution in [0, 0.1) is 23.2 Å². The molecule has 1 heterocycles. The Hall–Kier alpha value is -0.790. The van der Waals surface area contributed by atoms with Crippen LogP contribution in [0.5, 0.6) is 0 Å². The molecule has 2 nitrogen and oxygen atoms in total. The van der Waals surface area contributed by atoms with Crippen molar-refractivity contribution in [3.05, 3.63) is 18.7 Å². The fourth-order valence-electron chi connectivity index (χ4n) is 5.65. The van der Waals surface area contributed by atoms with Gasteiger partial charge in [-0.25, -0.2) is 4.98 Å². The third kappa shape index (κ3) is 1.90. The predicted octanol–water partition coefficient (Wildman–Crippen LogP) is 3.88. The summed E-state index contributed by atoms with van der Waals surface area (Å²) in [6.07, 6.45) is 18.2. The molecule has 1 aromatic rings. The third-order valence-electron chi connectivity index (χ3n) is 5.85. The van der Waals surface area contributed by atoms with Crippen LogP contribution in [-0.4, -0.2) is 9.55 Å². The SMILES string of the molecule is c1cn(CCCC23CC4CC(CC(C4)C2)C3)cn1. The van der Waals surface area contributed by atoms with Gasteiger partial charge < -0.3 is 4.57 Å². The minimum Gasteiger partial charge on any atom is -0.337 e. The second-order valence-electron chi connectivity index (χ2n) is 7.32. The lowest BCUT2D eigenvalue weighted by atomic mass is 9.48. The van der Waals surface area contributed by atoms with Crippen molar-refractivity contribution in [2.45, 2.75) is 57.9 Å². The van der Waals surface area contributed by atoms with E-state index in [9.17, 15) is 0 Å². The van der Waals surface area contributed by atoms with Crippen LogP contribution in [0.1, 0.15) is 51.4 Å². The van der Waals surface area contributed by atoms with Gasteiger partial charge in [0.2, 0.25) is 0 Å². The maximum atomic E-state index is 4.13. The Morgan fingerprint density at radius 1 is 1.06 bits per heavy atom. The summed E-state index contributed by atoms with van der Waals surface area (Å²) in [4.78, 5) is 4.13. The van der Waals surface area contributed by atoms with Gasteiger partial charge in [0.05, 0.1) is 6.33 Å². The zero-order valence-electron chi connectivity index (χ0n) is 11.2. The summed E-state index contributed by atoms with van der Waals surface area (Å²) in [6, 6.07) is 0. The van der Waals surface area contributed by atoms with Gasteiger partial charge in [-0.1, -0.05) is 0 Å². The van der Waals surface area contributed by atoms with E-state index in [1.165, 1.54) is 19.4 Å². The molecule has 4 aliphatic carbocycles. The van der Waals surface area contributed by atoms with Gasteiger partial charge in [-0.15, -0.1) is 0 Å². The third-order valence-corrected chi connectivity index (χ3v) is 5.85. The van der Waals surface area contributed by atoms with Gasteiger partial charge >= 0.3 is 0 Å². The maximum absolute atomic E-state index is 4.13. The van der Waals surface area contributed by atoms with E-state index in [2.05, 4.69) is 15.7 Å². The first kappa shape index (κ1) is 11.1. The molecule has 1 aromatic heterocycles. The highest BCUT2D eigenvalue weighted by Gasteiger charge is 2.50. The molecule has 18 heavy (non-hydrogen) atoms. The Balaban J connectivity index is 1.39. The normalized spacial score (nSPS) is 41.4. The van der Waals surface area contributed by atoms with Crippen molar-refractivity contribution in [3.8, 4) is 0 Å². The lowest BCUT2D eigenvalue weighted by Crippen LogP contribution is -2.46. The van der Waals surface area contributed by atoms with E-state index in [-0.39, 0.29) is 0 Å². The van der Waals surface area contributed by atoms with Crippen molar-refractivity contribution >= 4 is 0 Å².